The van der Waals surface area contributed by atoms with Gasteiger partial charge in [0.1, 0.15) is 39.9 Å². The third kappa shape index (κ3) is 5.23. The highest BCUT2D eigenvalue weighted by Gasteiger charge is 2.60. The van der Waals surface area contributed by atoms with E-state index in [4.69, 9.17) is 16.3 Å². The van der Waals surface area contributed by atoms with Crippen molar-refractivity contribution in [2.75, 3.05) is 31.1 Å². The van der Waals surface area contributed by atoms with E-state index >= 15 is 0 Å². The van der Waals surface area contributed by atoms with E-state index in [-0.39, 0.29) is 47.6 Å². The van der Waals surface area contributed by atoms with E-state index in [0.717, 1.165) is 17.9 Å². The maximum Gasteiger partial charge on any atom is 0.255 e. The van der Waals surface area contributed by atoms with Crippen molar-refractivity contribution in [3.05, 3.63) is 16.7 Å². The molecule has 2 saturated heterocycles. The van der Waals surface area contributed by atoms with Crippen LogP contribution in [0.15, 0.2) is 4.90 Å². The van der Waals surface area contributed by atoms with Crippen molar-refractivity contribution in [2.24, 2.45) is 5.41 Å². The third-order valence-corrected chi connectivity index (χ3v) is 9.13. The summed E-state index contributed by atoms with van der Waals surface area (Å²) in [7, 11) is 0. The predicted octanol–water partition coefficient (Wildman–Crippen LogP) is 7.03. The van der Waals surface area contributed by atoms with Crippen LogP contribution in [0.2, 0.25) is 5.02 Å². The van der Waals surface area contributed by atoms with E-state index in [1.165, 1.54) is 12.8 Å². The van der Waals surface area contributed by atoms with Crippen LogP contribution in [0.1, 0.15) is 44.9 Å². The lowest BCUT2D eigenvalue weighted by molar-refractivity contribution is 0.0297. The van der Waals surface area contributed by atoms with Gasteiger partial charge in [0.25, 0.3) is 6.43 Å². The zero-order valence-electron chi connectivity index (χ0n) is 21.1. The standard InChI is InChI=1S/C18H16ClF6N3OS.C7H12FN/c1-2-9-26-13-10-14(11(19)15(30-25)12(13)22)29-6-7(18(3-4-18)17(23)24)28(5-8(20)21)16(10)27-9;8-6-4-7-2-1-3-9(7)5-6/h7-8,17H,2-6H2,1H3;6-7H,1-5H2. The summed E-state index contributed by atoms with van der Waals surface area (Å²) in [5.41, 5.74) is -1.90. The van der Waals surface area contributed by atoms with Crippen LogP contribution in [-0.4, -0.2) is 72.2 Å². The van der Waals surface area contributed by atoms with Gasteiger partial charge in [-0.3, -0.25) is 4.90 Å². The van der Waals surface area contributed by atoms with Gasteiger partial charge in [-0.25, -0.2) is 36.3 Å². The van der Waals surface area contributed by atoms with Crippen LogP contribution in [0.4, 0.5) is 36.0 Å². The fourth-order valence-corrected chi connectivity index (χ4v) is 6.60. The summed E-state index contributed by atoms with van der Waals surface area (Å²) in [6, 6.07) is -0.540. The Morgan fingerprint density at radius 2 is 1.95 bits per heavy atom. The Balaban J connectivity index is 0.000000287. The minimum atomic E-state index is -2.88. The van der Waals surface area contributed by atoms with Crippen molar-refractivity contribution in [1.82, 2.24) is 14.9 Å². The zero-order chi connectivity index (χ0) is 28.1. The van der Waals surface area contributed by atoms with Gasteiger partial charge < -0.3 is 9.64 Å². The molecule has 1 aliphatic carbocycles. The monoisotopic (exact) mass is 600 g/mol. The second-order valence-corrected chi connectivity index (χ2v) is 11.4. The van der Waals surface area contributed by atoms with Crippen LogP contribution >= 0.6 is 23.7 Å². The minimum Gasteiger partial charge on any atom is -0.489 e. The van der Waals surface area contributed by atoms with Gasteiger partial charge in [0.05, 0.1) is 35.5 Å². The summed E-state index contributed by atoms with van der Waals surface area (Å²) in [4.78, 5) is 11.1. The van der Waals surface area contributed by atoms with E-state index in [1.54, 1.807) is 6.92 Å². The SMILES string of the molecule is CCc1nc2c3c(c(Cl)c(SF)c(F)c3n1)OCC(C1(C(F)F)CC1)N2CC(F)F.FC1CC2CCCN2C1. The number of halogens is 8. The molecule has 5 nitrogen and oxygen atoms in total. The van der Waals surface area contributed by atoms with Gasteiger partial charge in [0, 0.05) is 19.0 Å². The van der Waals surface area contributed by atoms with Crippen molar-refractivity contribution in [3.8, 4) is 5.75 Å². The van der Waals surface area contributed by atoms with Crippen molar-refractivity contribution in [3.63, 3.8) is 0 Å². The van der Waals surface area contributed by atoms with Crippen LogP contribution < -0.4 is 9.64 Å². The van der Waals surface area contributed by atoms with Gasteiger partial charge in [0.15, 0.2) is 11.6 Å². The lowest BCUT2D eigenvalue weighted by Gasteiger charge is -2.36. The maximum atomic E-state index is 15.0. The molecule has 0 spiro atoms. The molecule has 3 unspecified atom stereocenters. The summed E-state index contributed by atoms with van der Waals surface area (Å²) < 4.78 is 101. The van der Waals surface area contributed by atoms with E-state index in [1.807, 2.05) is 0 Å². The summed E-state index contributed by atoms with van der Waals surface area (Å²) in [5.74, 6) is -1.34. The first-order valence-electron chi connectivity index (χ1n) is 12.9. The van der Waals surface area contributed by atoms with Crippen LogP contribution in [0.3, 0.4) is 0 Å². The lowest BCUT2D eigenvalue weighted by atomic mass is 9.95. The molecular formula is C25H28ClF7N4OS. The van der Waals surface area contributed by atoms with Crippen molar-refractivity contribution in [1.29, 1.82) is 0 Å². The molecule has 0 radical (unpaired) electrons. The number of hydrogen-bond donors (Lipinski definition) is 0. The number of hydrogen-bond acceptors (Lipinski definition) is 6. The molecule has 1 saturated carbocycles. The topological polar surface area (TPSA) is 41.5 Å². The Hall–Kier alpha value is -1.73. The average Bonchev–Trinajstić information content (AvgIpc) is 3.51. The van der Waals surface area contributed by atoms with E-state index < -0.39 is 71.5 Å². The number of nitrogens with zero attached hydrogens (tertiary/aromatic N) is 4. The molecule has 1 aromatic carbocycles. The molecule has 3 aliphatic heterocycles. The lowest BCUT2D eigenvalue weighted by Crippen LogP contribution is -2.50. The average molecular weight is 601 g/mol. The molecule has 6 rings (SSSR count). The molecule has 4 heterocycles. The summed E-state index contributed by atoms with van der Waals surface area (Å²) in [6.45, 7) is 2.20. The number of ether oxygens (including phenoxy) is 1. The van der Waals surface area contributed by atoms with E-state index in [9.17, 15) is 30.2 Å². The largest absolute Gasteiger partial charge is 0.489 e. The first-order chi connectivity index (χ1) is 18.6. The molecule has 4 aliphatic rings. The molecule has 0 bridgehead atoms. The molecule has 216 valence electrons. The van der Waals surface area contributed by atoms with Crippen molar-refractivity contribution in [2.45, 2.75) is 81.5 Å². The highest BCUT2D eigenvalue weighted by molar-refractivity contribution is 7.94. The molecule has 1 aromatic heterocycles. The molecule has 0 N–H and O–H groups in total. The van der Waals surface area contributed by atoms with Crippen LogP contribution in [0.25, 0.3) is 10.9 Å². The third-order valence-electron chi connectivity index (χ3n) is 8.12. The van der Waals surface area contributed by atoms with Gasteiger partial charge >= 0.3 is 0 Å². The Bertz CT molecular complexity index is 1210. The molecule has 0 amide bonds. The first kappa shape index (κ1) is 28.8. The summed E-state index contributed by atoms with van der Waals surface area (Å²) in [5, 5.41) is -0.540. The van der Waals surface area contributed by atoms with Crippen molar-refractivity contribution >= 4 is 40.5 Å². The Morgan fingerprint density at radius 3 is 2.54 bits per heavy atom. The molecule has 39 heavy (non-hydrogen) atoms. The molecule has 14 heteroatoms. The number of anilines is 1. The van der Waals surface area contributed by atoms with Crippen molar-refractivity contribution < 1.29 is 35.0 Å². The number of aromatic nitrogens is 2. The molecule has 2 aromatic rings. The Labute approximate surface area is 230 Å². The first-order valence-corrected chi connectivity index (χ1v) is 14.0. The molecule has 3 fully saturated rings. The number of aryl methyl sites for hydroxylation is 1. The number of rotatable bonds is 6. The quantitative estimate of drug-likeness (QED) is 0.332. The van der Waals surface area contributed by atoms with Crippen LogP contribution in [0.5, 0.6) is 5.75 Å². The van der Waals surface area contributed by atoms with Crippen LogP contribution in [0, 0.1) is 11.2 Å². The Kier molecular flexibility index (Phi) is 8.32. The summed E-state index contributed by atoms with van der Waals surface area (Å²) in [6.07, 6.45) is -2.38. The van der Waals surface area contributed by atoms with E-state index in [2.05, 4.69) is 14.9 Å². The van der Waals surface area contributed by atoms with Gasteiger partial charge in [-0.1, -0.05) is 18.5 Å². The predicted molar refractivity (Wildman–Crippen MR) is 135 cm³/mol. The van der Waals surface area contributed by atoms with Gasteiger partial charge in [-0.15, -0.1) is 0 Å². The van der Waals surface area contributed by atoms with Gasteiger partial charge in [-0.05, 0) is 38.6 Å². The van der Waals surface area contributed by atoms with Gasteiger partial charge in [-0.2, -0.15) is 3.89 Å². The highest BCUT2D eigenvalue weighted by Crippen LogP contribution is 2.57. The number of fused-ring (bicyclic) bond motifs is 1. The smallest absolute Gasteiger partial charge is 0.255 e. The zero-order valence-corrected chi connectivity index (χ0v) is 22.7. The Morgan fingerprint density at radius 1 is 1.21 bits per heavy atom. The minimum absolute atomic E-state index is 0.0984. The molecule has 3 atom stereocenters. The second kappa shape index (κ2) is 11.3. The fourth-order valence-electron chi connectivity index (χ4n) is 5.95. The second-order valence-electron chi connectivity index (χ2n) is 10.4. The summed E-state index contributed by atoms with van der Waals surface area (Å²) >= 11 is 5.69. The van der Waals surface area contributed by atoms with E-state index in [0.29, 0.717) is 12.6 Å². The normalized spacial score (nSPS) is 25.5. The number of alkyl halides is 5. The fraction of sp³-hybridized carbons (Fsp3) is 0.680. The van der Waals surface area contributed by atoms with Crippen LogP contribution in [-0.2, 0) is 6.42 Å². The highest BCUT2D eigenvalue weighted by atomic mass is 35.5. The molecular weight excluding hydrogens is 573 g/mol. The number of benzene rings is 1. The maximum absolute atomic E-state index is 15.0. The van der Waals surface area contributed by atoms with Gasteiger partial charge in [0.2, 0.25) is 6.43 Å².